The Morgan fingerprint density at radius 2 is 2.27 bits per heavy atom. The van der Waals surface area contributed by atoms with Crippen LogP contribution < -0.4 is 5.32 Å². The van der Waals surface area contributed by atoms with Gasteiger partial charge in [0.2, 0.25) is 6.41 Å². The molecular weight excluding hydrogens is 199 g/mol. The number of nitrogens with zero attached hydrogens (tertiary/aromatic N) is 1. The van der Waals surface area contributed by atoms with Gasteiger partial charge in [0.15, 0.2) is 11.6 Å². The summed E-state index contributed by atoms with van der Waals surface area (Å²) in [6, 6.07) is 7.44. The van der Waals surface area contributed by atoms with E-state index >= 15 is 0 Å². The van der Waals surface area contributed by atoms with E-state index in [1.54, 1.807) is 12.1 Å². The van der Waals surface area contributed by atoms with E-state index in [2.05, 4.69) is 10.5 Å². The Morgan fingerprint density at radius 1 is 1.40 bits per heavy atom. The number of anilines is 1. The summed E-state index contributed by atoms with van der Waals surface area (Å²) in [6.07, 6.45) is 0.493. The Morgan fingerprint density at radius 3 is 3.00 bits per heavy atom. The zero-order valence-corrected chi connectivity index (χ0v) is 7.61. The molecule has 5 heteroatoms. The lowest BCUT2D eigenvalue weighted by molar-refractivity contribution is -0.105. The molecule has 4 nitrogen and oxygen atoms in total. The van der Waals surface area contributed by atoms with E-state index in [4.69, 9.17) is 4.52 Å². The van der Waals surface area contributed by atoms with Gasteiger partial charge in [-0.3, -0.25) is 4.79 Å². The van der Waals surface area contributed by atoms with Gasteiger partial charge in [-0.25, -0.2) is 4.39 Å². The summed E-state index contributed by atoms with van der Waals surface area (Å²) in [4.78, 5) is 10.1. The molecule has 0 aliphatic rings. The maximum atomic E-state index is 12.9. The van der Waals surface area contributed by atoms with Crippen LogP contribution in [0.2, 0.25) is 0 Å². The first-order chi connectivity index (χ1) is 7.29. The minimum atomic E-state index is -0.353. The van der Waals surface area contributed by atoms with E-state index in [1.165, 1.54) is 18.2 Å². The predicted octanol–water partition coefficient (Wildman–Crippen LogP) is 2.05. The molecule has 0 bridgehead atoms. The molecule has 0 aliphatic carbocycles. The van der Waals surface area contributed by atoms with Crippen LogP contribution in [-0.2, 0) is 4.79 Å². The van der Waals surface area contributed by atoms with Gasteiger partial charge in [0.25, 0.3) is 0 Å². The van der Waals surface area contributed by atoms with Crippen LogP contribution in [0.1, 0.15) is 0 Å². The molecule has 2 rings (SSSR count). The largest absolute Gasteiger partial charge is 0.354 e. The summed E-state index contributed by atoms with van der Waals surface area (Å²) in [6.45, 7) is 0. The van der Waals surface area contributed by atoms with Gasteiger partial charge in [-0.2, -0.15) is 0 Å². The average molecular weight is 206 g/mol. The van der Waals surface area contributed by atoms with Crippen LogP contribution in [0, 0.1) is 5.82 Å². The summed E-state index contributed by atoms with van der Waals surface area (Å²) < 4.78 is 17.8. The van der Waals surface area contributed by atoms with Crippen LogP contribution in [0.15, 0.2) is 34.9 Å². The van der Waals surface area contributed by atoms with Crippen LogP contribution in [0.3, 0.4) is 0 Å². The first kappa shape index (κ1) is 9.39. The third-order valence-corrected chi connectivity index (χ3v) is 1.83. The summed E-state index contributed by atoms with van der Waals surface area (Å²) in [5.41, 5.74) is 0.571. The summed E-state index contributed by atoms with van der Waals surface area (Å²) in [5, 5.41) is 5.91. The highest BCUT2D eigenvalue weighted by molar-refractivity contribution is 5.71. The van der Waals surface area contributed by atoms with Crippen molar-refractivity contribution >= 4 is 12.2 Å². The number of halogens is 1. The molecule has 0 aliphatic heterocycles. The van der Waals surface area contributed by atoms with Crippen LogP contribution >= 0.6 is 0 Å². The van der Waals surface area contributed by atoms with Crippen LogP contribution in [0.5, 0.6) is 0 Å². The number of carbonyl (C=O) groups is 1. The zero-order valence-electron chi connectivity index (χ0n) is 7.61. The fourth-order valence-electron chi connectivity index (χ4n) is 1.18. The highest BCUT2D eigenvalue weighted by atomic mass is 19.1. The van der Waals surface area contributed by atoms with Gasteiger partial charge >= 0.3 is 0 Å². The smallest absolute Gasteiger partial charge is 0.212 e. The van der Waals surface area contributed by atoms with Crippen LogP contribution in [0.4, 0.5) is 10.2 Å². The Balaban J connectivity index is 2.32. The SMILES string of the molecule is O=CNc1cc(-c2cccc(F)c2)on1. The predicted molar refractivity (Wildman–Crippen MR) is 51.6 cm³/mol. The topological polar surface area (TPSA) is 55.1 Å². The van der Waals surface area contributed by atoms with E-state index in [-0.39, 0.29) is 5.82 Å². The summed E-state index contributed by atoms with van der Waals surface area (Å²) in [5.74, 6) is 0.344. The minimum absolute atomic E-state index is 0.296. The molecule has 0 radical (unpaired) electrons. The van der Waals surface area contributed by atoms with Gasteiger partial charge < -0.3 is 9.84 Å². The van der Waals surface area contributed by atoms with Gasteiger partial charge in [-0.15, -0.1) is 0 Å². The standard InChI is InChI=1S/C10H7FN2O2/c11-8-3-1-2-7(4-8)9-5-10(12-6-14)13-15-9/h1-6H,(H,12,13,14). The second-order valence-corrected chi connectivity index (χ2v) is 2.85. The molecule has 1 aromatic heterocycles. The molecule has 1 amide bonds. The number of benzene rings is 1. The number of amides is 1. The molecule has 1 N–H and O–H groups in total. The number of nitrogens with one attached hydrogen (secondary N) is 1. The molecule has 1 heterocycles. The van der Waals surface area contributed by atoms with Gasteiger partial charge in [0, 0.05) is 11.6 Å². The molecular formula is C10H7FN2O2. The minimum Gasteiger partial charge on any atom is -0.354 e. The normalized spacial score (nSPS) is 9.93. The maximum absolute atomic E-state index is 12.9. The fourth-order valence-corrected chi connectivity index (χ4v) is 1.18. The molecule has 0 saturated heterocycles. The van der Waals surface area contributed by atoms with E-state index in [9.17, 15) is 9.18 Å². The summed E-state index contributed by atoms with van der Waals surface area (Å²) >= 11 is 0. The lowest BCUT2D eigenvalue weighted by Gasteiger charge is -1.93. The van der Waals surface area contributed by atoms with Crippen molar-refractivity contribution in [3.8, 4) is 11.3 Å². The van der Waals surface area contributed by atoms with Gasteiger partial charge in [-0.05, 0) is 12.1 Å². The quantitative estimate of drug-likeness (QED) is 0.782. The Bertz CT molecular complexity index is 482. The third-order valence-electron chi connectivity index (χ3n) is 1.83. The molecule has 1 aromatic carbocycles. The monoisotopic (exact) mass is 206 g/mol. The molecule has 0 saturated carbocycles. The Hall–Kier alpha value is -2.17. The van der Waals surface area contributed by atoms with Gasteiger partial charge in [0.05, 0.1) is 0 Å². The van der Waals surface area contributed by atoms with E-state index in [0.29, 0.717) is 23.6 Å². The molecule has 2 aromatic rings. The van der Waals surface area contributed by atoms with Crippen molar-refractivity contribution in [2.75, 3.05) is 5.32 Å². The molecule has 0 unspecified atom stereocenters. The lowest BCUT2D eigenvalue weighted by Crippen LogP contribution is -1.92. The van der Waals surface area contributed by atoms with Gasteiger partial charge in [-0.1, -0.05) is 17.3 Å². The molecule has 0 spiro atoms. The molecule has 76 valence electrons. The zero-order chi connectivity index (χ0) is 10.7. The first-order valence-corrected chi connectivity index (χ1v) is 4.22. The van der Waals surface area contributed by atoms with Crippen molar-refractivity contribution < 1.29 is 13.7 Å². The van der Waals surface area contributed by atoms with Crippen LogP contribution in [-0.4, -0.2) is 11.6 Å². The van der Waals surface area contributed by atoms with Crippen LogP contribution in [0.25, 0.3) is 11.3 Å². The molecule has 0 fully saturated rings. The van der Waals surface area contributed by atoms with E-state index in [1.807, 2.05) is 0 Å². The van der Waals surface area contributed by atoms with E-state index < -0.39 is 0 Å². The fraction of sp³-hybridized carbons (Fsp3) is 0. The van der Waals surface area contributed by atoms with E-state index in [0.717, 1.165) is 0 Å². The van der Waals surface area contributed by atoms with Crippen molar-refractivity contribution in [1.29, 1.82) is 0 Å². The Kier molecular flexibility index (Phi) is 2.45. The number of hydrogen-bond donors (Lipinski definition) is 1. The third kappa shape index (κ3) is 2.01. The Labute approximate surface area is 84.7 Å². The highest BCUT2D eigenvalue weighted by Gasteiger charge is 2.06. The van der Waals surface area contributed by atoms with Crippen molar-refractivity contribution in [3.05, 3.63) is 36.1 Å². The number of hydrogen-bond acceptors (Lipinski definition) is 3. The summed E-state index contributed by atoms with van der Waals surface area (Å²) in [7, 11) is 0. The molecule has 15 heavy (non-hydrogen) atoms. The average Bonchev–Trinajstić information content (AvgIpc) is 2.67. The van der Waals surface area contributed by atoms with Crippen molar-refractivity contribution in [2.45, 2.75) is 0 Å². The molecule has 0 atom stereocenters. The van der Waals surface area contributed by atoms with Crippen molar-refractivity contribution in [1.82, 2.24) is 5.16 Å². The van der Waals surface area contributed by atoms with Gasteiger partial charge in [0.1, 0.15) is 5.82 Å². The number of carbonyl (C=O) groups excluding carboxylic acids is 1. The highest BCUT2D eigenvalue weighted by Crippen LogP contribution is 2.22. The number of rotatable bonds is 3. The van der Waals surface area contributed by atoms with Crippen molar-refractivity contribution in [3.63, 3.8) is 0 Å². The second kappa shape index (κ2) is 3.91. The lowest BCUT2D eigenvalue weighted by atomic mass is 10.2. The second-order valence-electron chi connectivity index (χ2n) is 2.85. The number of aromatic nitrogens is 1. The van der Waals surface area contributed by atoms with Crippen molar-refractivity contribution in [2.24, 2.45) is 0 Å². The first-order valence-electron chi connectivity index (χ1n) is 4.22. The maximum Gasteiger partial charge on any atom is 0.212 e.